The summed E-state index contributed by atoms with van der Waals surface area (Å²) < 4.78 is 41.4. The van der Waals surface area contributed by atoms with Crippen LogP contribution in [0.3, 0.4) is 0 Å². The Labute approximate surface area is 216 Å². The molecule has 1 aliphatic rings. The summed E-state index contributed by atoms with van der Waals surface area (Å²) in [5.74, 6) is -0.349. The zero-order chi connectivity index (χ0) is 26.9. The van der Waals surface area contributed by atoms with Crippen molar-refractivity contribution in [2.24, 2.45) is 0 Å². The van der Waals surface area contributed by atoms with Crippen molar-refractivity contribution in [3.8, 4) is 11.3 Å². The van der Waals surface area contributed by atoms with Gasteiger partial charge in [0.2, 0.25) is 11.9 Å². The number of aromatic amines is 1. The van der Waals surface area contributed by atoms with Crippen molar-refractivity contribution in [2.75, 3.05) is 48.8 Å². The lowest BCUT2D eigenvalue weighted by molar-refractivity contribution is -0.139. The van der Waals surface area contributed by atoms with E-state index < -0.39 is 17.8 Å². The number of hydrogen-bond acceptors (Lipinski definition) is 7. The van der Waals surface area contributed by atoms with Gasteiger partial charge in [-0.25, -0.2) is 4.98 Å². The molecule has 1 fully saturated rings. The number of benzene rings is 2. The van der Waals surface area contributed by atoms with E-state index in [1.165, 1.54) is 6.07 Å². The number of amides is 1. The summed E-state index contributed by atoms with van der Waals surface area (Å²) >= 11 is 0. The molecule has 12 heteroatoms. The third kappa shape index (κ3) is 5.30. The minimum atomic E-state index is -4.73. The number of H-pyrrole nitrogens is 1. The lowest BCUT2D eigenvalue weighted by atomic mass is 10.1. The summed E-state index contributed by atoms with van der Waals surface area (Å²) in [7, 11) is 2.09. The van der Waals surface area contributed by atoms with E-state index in [-0.39, 0.29) is 22.7 Å². The first-order valence-electron chi connectivity index (χ1n) is 11.9. The van der Waals surface area contributed by atoms with Crippen molar-refractivity contribution in [2.45, 2.75) is 6.18 Å². The van der Waals surface area contributed by atoms with Gasteiger partial charge in [-0.05, 0) is 43.5 Å². The lowest BCUT2D eigenvalue weighted by Crippen LogP contribution is -2.44. The molecule has 4 aromatic rings. The van der Waals surface area contributed by atoms with E-state index in [2.05, 4.69) is 54.2 Å². The van der Waals surface area contributed by atoms with Gasteiger partial charge in [-0.15, -0.1) is 0 Å². The fourth-order valence-electron chi connectivity index (χ4n) is 4.31. The molecule has 0 unspecified atom stereocenters. The van der Waals surface area contributed by atoms with Gasteiger partial charge in [-0.3, -0.25) is 9.89 Å². The van der Waals surface area contributed by atoms with Crippen LogP contribution in [-0.2, 0) is 11.0 Å². The number of aromatic nitrogens is 4. The Balaban J connectivity index is 1.55. The maximum atomic E-state index is 13.8. The van der Waals surface area contributed by atoms with Gasteiger partial charge in [0.15, 0.2) is 11.3 Å². The average Bonchev–Trinajstić information content (AvgIpc) is 3.34. The number of likely N-dealkylation sites (N-methyl/N-ethyl adjacent to an activating group) is 1. The quantitative estimate of drug-likeness (QED) is 0.317. The van der Waals surface area contributed by atoms with Gasteiger partial charge in [0, 0.05) is 48.8 Å². The van der Waals surface area contributed by atoms with E-state index in [1.54, 1.807) is 18.2 Å². The van der Waals surface area contributed by atoms with E-state index in [4.69, 9.17) is 0 Å². The summed E-state index contributed by atoms with van der Waals surface area (Å²) in [6.07, 6.45) is -3.62. The highest BCUT2D eigenvalue weighted by molar-refractivity contribution is 6.00. The monoisotopic (exact) mass is 522 g/mol. The number of carbonyl (C=O) groups is 1. The molecule has 2 aromatic carbocycles. The van der Waals surface area contributed by atoms with Crippen molar-refractivity contribution < 1.29 is 18.0 Å². The number of alkyl halides is 3. The van der Waals surface area contributed by atoms with Crippen LogP contribution in [0.15, 0.2) is 61.2 Å². The Hall–Kier alpha value is -4.45. The lowest BCUT2D eigenvalue weighted by Gasteiger charge is -2.34. The molecule has 0 atom stereocenters. The highest BCUT2D eigenvalue weighted by atomic mass is 19.4. The Kier molecular flexibility index (Phi) is 6.72. The van der Waals surface area contributed by atoms with Crippen LogP contribution in [0, 0.1) is 0 Å². The Morgan fingerprint density at radius 3 is 2.53 bits per heavy atom. The van der Waals surface area contributed by atoms with Crippen LogP contribution in [0.5, 0.6) is 0 Å². The number of piperazine rings is 1. The van der Waals surface area contributed by atoms with Gasteiger partial charge >= 0.3 is 6.18 Å². The molecule has 38 heavy (non-hydrogen) atoms. The molecular weight excluding hydrogens is 497 g/mol. The summed E-state index contributed by atoms with van der Waals surface area (Å²) in [5.41, 5.74) is 1.27. The second-order valence-corrected chi connectivity index (χ2v) is 8.93. The molecule has 0 radical (unpaired) electrons. The number of fused-ring (bicyclic) bond motifs is 1. The zero-order valence-corrected chi connectivity index (χ0v) is 20.5. The number of nitrogens with one attached hydrogen (secondary N) is 3. The van der Waals surface area contributed by atoms with E-state index in [1.807, 2.05) is 24.3 Å². The molecule has 5 rings (SSSR count). The highest BCUT2D eigenvalue weighted by Gasteiger charge is 2.38. The van der Waals surface area contributed by atoms with Crippen molar-refractivity contribution in [3.05, 3.63) is 66.9 Å². The average molecular weight is 523 g/mol. The third-order valence-electron chi connectivity index (χ3n) is 6.25. The first kappa shape index (κ1) is 25.2. The van der Waals surface area contributed by atoms with Gasteiger partial charge in [-0.2, -0.15) is 23.3 Å². The van der Waals surface area contributed by atoms with Gasteiger partial charge in [-0.1, -0.05) is 24.8 Å². The second-order valence-electron chi connectivity index (χ2n) is 8.93. The van der Waals surface area contributed by atoms with Crippen molar-refractivity contribution in [1.82, 2.24) is 25.1 Å². The third-order valence-corrected chi connectivity index (χ3v) is 6.25. The molecule has 0 saturated carbocycles. The van der Waals surface area contributed by atoms with E-state index in [9.17, 15) is 18.0 Å². The van der Waals surface area contributed by atoms with Crippen LogP contribution in [0.2, 0.25) is 0 Å². The Bertz CT molecular complexity index is 1490. The van der Waals surface area contributed by atoms with E-state index in [0.717, 1.165) is 37.9 Å². The number of carbonyl (C=O) groups excluding carboxylic acids is 1. The molecule has 1 aliphatic heterocycles. The SMILES string of the molecule is C=CC(=O)Nc1cccc(-c2nc(Nc3cccc(N4CCN(C)CC4)c3)nc3[nH]nc(C(F)(F)F)c23)c1. The van der Waals surface area contributed by atoms with Crippen LogP contribution < -0.4 is 15.5 Å². The molecule has 0 bridgehead atoms. The molecule has 3 N–H and O–H groups in total. The minimum absolute atomic E-state index is 0.0171. The fourth-order valence-corrected chi connectivity index (χ4v) is 4.31. The number of rotatable bonds is 6. The number of nitrogens with zero attached hydrogens (tertiary/aromatic N) is 5. The maximum Gasteiger partial charge on any atom is 0.435 e. The molecule has 2 aromatic heterocycles. The van der Waals surface area contributed by atoms with Crippen LogP contribution in [-0.4, -0.2) is 64.2 Å². The molecule has 0 spiro atoms. The Morgan fingerprint density at radius 2 is 1.79 bits per heavy atom. The molecule has 3 heterocycles. The molecule has 9 nitrogen and oxygen atoms in total. The molecule has 196 valence electrons. The molecule has 1 amide bonds. The fraction of sp³-hybridized carbons (Fsp3) is 0.231. The van der Waals surface area contributed by atoms with Gasteiger partial charge in [0.25, 0.3) is 0 Å². The largest absolute Gasteiger partial charge is 0.435 e. The van der Waals surface area contributed by atoms with Crippen molar-refractivity contribution >= 4 is 40.0 Å². The van der Waals surface area contributed by atoms with Crippen molar-refractivity contribution in [1.29, 1.82) is 0 Å². The van der Waals surface area contributed by atoms with Gasteiger partial charge in [0.05, 0.1) is 11.1 Å². The molecule has 1 saturated heterocycles. The van der Waals surface area contributed by atoms with Crippen molar-refractivity contribution in [3.63, 3.8) is 0 Å². The number of halogens is 3. The first-order chi connectivity index (χ1) is 18.2. The highest BCUT2D eigenvalue weighted by Crippen LogP contribution is 2.38. The van der Waals surface area contributed by atoms with Crippen LogP contribution in [0.25, 0.3) is 22.3 Å². The summed E-state index contributed by atoms with van der Waals surface area (Å²) in [6.45, 7) is 7.10. The summed E-state index contributed by atoms with van der Waals surface area (Å²) in [6, 6.07) is 14.1. The molecule has 0 aliphatic carbocycles. The standard InChI is InChI=1S/C26H25F3N8O/c1-3-20(38)30-17-7-4-6-16(14-17)22-21-23(26(27,28)29)34-35-24(21)33-25(32-22)31-18-8-5-9-19(15-18)37-12-10-36(2)11-13-37/h3-9,14-15H,1,10-13H2,2H3,(H,30,38)(H2,31,32,33,34,35). The zero-order valence-electron chi connectivity index (χ0n) is 20.5. The normalized spacial score (nSPS) is 14.5. The number of anilines is 4. The minimum Gasteiger partial charge on any atom is -0.369 e. The Morgan fingerprint density at radius 1 is 1.05 bits per heavy atom. The topological polar surface area (TPSA) is 102 Å². The predicted molar refractivity (Wildman–Crippen MR) is 140 cm³/mol. The van der Waals surface area contributed by atoms with Crippen LogP contribution >= 0.6 is 0 Å². The van der Waals surface area contributed by atoms with Gasteiger partial charge < -0.3 is 20.4 Å². The predicted octanol–water partition coefficient (Wildman–Crippen LogP) is 4.66. The smallest absolute Gasteiger partial charge is 0.369 e. The summed E-state index contributed by atoms with van der Waals surface area (Å²) in [4.78, 5) is 25.1. The van der Waals surface area contributed by atoms with Crippen LogP contribution in [0.1, 0.15) is 5.69 Å². The molecular formula is C26H25F3N8O. The van der Waals surface area contributed by atoms with Crippen LogP contribution in [0.4, 0.5) is 36.2 Å². The summed E-state index contributed by atoms with van der Waals surface area (Å²) in [5, 5.41) is 11.4. The van der Waals surface area contributed by atoms with Gasteiger partial charge in [0.1, 0.15) is 0 Å². The first-order valence-corrected chi connectivity index (χ1v) is 11.9. The second kappa shape index (κ2) is 10.1. The number of hydrogen-bond donors (Lipinski definition) is 3. The maximum absolute atomic E-state index is 13.8. The van der Waals surface area contributed by atoms with E-state index >= 15 is 0 Å². The van der Waals surface area contributed by atoms with E-state index in [0.29, 0.717) is 16.9 Å².